The van der Waals surface area contributed by atoms with E-state index in [2.05, 4.69) is 10.3 Å². The first kappa shape index (κ1) is 21.5. The number of rotatable bonds is 8. The lowest BCUT2D eigenvalue weighted by molar-refractivity contribution is 0.588. The Morgan fingerprint density at radius 2 is 1.75 bits per heavy atom. The largest absolute Gasteiger partial charge is 0.396 e. The smallest absolute Gasteiger partial charge is 0.191 e. The summed E-state index contributed by atoms with van der Waals surface area (Å²) >= 11 is 0. The van der Waals surface area contributed by atoms with Gasteiger partial charge < -0.3 is 15.6 Å². The van der Waals surface area contributed by atoms with Crippen molar-refractivity contribution in [1.82, 2.24) is 9.55 Å². The average molecular weight is 434 g/mol. The number of fused-ring (bicyclic) bond motifs is 1. The molecule has 0 fully saturated rings. The van der Waals surface area contributed by atoms with E-state index in [1.807, 2.05) is 48.5 Å². The number of pyridine rings is 2. The fourth-order valence-electron chi connectivity index (χ4n) is 3.80. The maximum Gasteiger partial charge on any atom is 0.191 e. The number of hydrogen-bond donors (Lipinski definition) is 2. The minimum absolute atomic E-state index is 0.0135. The number of hydrogen-bond acceptors (Lipinski definition) is 4. The molecule has 32 heavy (non-hydrogen) atoms. The number of halogens is 2. The molecule has 0 aliphatic heterocycles. The topological polar surface area (TPSA) is 72.9 Å². The van der Waals surface area contributed by atoms with Gasteiger partial charge >= 0.3 is 0 Å². The Kier molecular flexibility index (Phi) is 6.44. The summed E-state index contributed by atoms with van der Waals surface area (Å²) in [5.74, 6) is -1.75. The van der Waals surface area contributed by atoms with Gasteiger partial charge in [-0.3, -0.25) is 9.78 Å². The first-order valence-corrected chi connectivity index (χ1v) is 10.5. The highest BCUT2D eigenvalue weighted by Crippen LogP contribution is 2.32. The second-order valence-corrected chi connectivity index (χ2v) is 7.60. The van der Waals surface area contributed by atoms with Crippen LogP contribution >= 0.6 is 0 Å². The standard InChI is InChI=1S/C25H24F2N4O/c26-21-23(28)20-19(32)12-16-31(15-11-17-7-2-1-3-8-17)25(20)22(27)24(21)30-14-6-10-18-9-4-5-13-29-18/h1-5,7-9,12-13,16,30H,6,10-11,14-15,28H2. The van der Waals surface area contributed by atoms with Crippen LogP contribution in [0.3, 0.4) is 0 Å². The van der Waals surface area contributed by atoms with E-state index in [0.29, 0.717) is 32.4 Å². The van der Waals surface area contributed by atoms with E-state index in [1.54, 1.807) is 10.8 Å². The Hall–Kier alpha value is -3.74. The van der Waals surface area contributed by atoms with Gasteiger partial charge in [0.2, 0.25) is 0 Å². The summed E-state index contributed by atoms with van der Waals surface area (Å²) in [5, 5.41) is 2.70. The van der Waals surface area contributed by atoms with Crippen LogP contribution in [0.25, 0.3) is 10.9 Å². The zero-order chi connectivity index (χ0) is 22.5. The molecular weight excluding hydrogens is 410 g/mol. The van der Waals surface area contributed by atoms with Gasteiger partial charge in [-0.15, -0.1) is 0 Å². The summed E-state index contributed by atoms with van der Waals surface area (Å²) in [7, 11) is 0. The van der Waals surface area contributed by atoms with Gasteiger partial charge in [0.25, 0.3) is 0 Å². The van der Waals surface area contributed by atoms with Crippen molar-refractivity contribution in [2.75, 3.05) is 17.6 Å². The van der Waals surface area contributed by atoms with Gasteiger partial charge in [0, 0.05) is 37.2 Å². The SMILES string of the molecule is Nc1c(F)c(NCCCc2ccccn2)c(F)c2c1c(=O)ccn2CCc1ccccc1. The summed E-state index contributed by atoms with van der Waals surface area (Å²) in [6.07, 6.45) is 5.16. The van der Waals surface area contributed by atoms with Crippen molar-refractivity contribution < 1.29 is 8.78 Å². The molecule has 5 nitrogen and oxygen atoms in total. The molecule has 0 radical (unpaired) electrons. The van der Waals surface area contributed by atoms with E-state index in [9.17, 15) is 9.18 Å². The first-order chi connectivity index (χ1) is 15.6. The molecule has 0 spiro atoms. The van der Waals surface area contributed by atoms with Crippen LogP contribution in [0.15, 0.2) is 71.8 Å². The number of aromatic nitrogens is 2. The Morgan fingerprint density at radius 1 is 0.969 bits per heavy atom. The van der Waals surface area contributed by atoms with Crippen LogP contribution < -0.4 is 16.5 Å². The fourth-order valence-corrected chi connectivity index (χ4v) is 3.80. The number of aryl methyl sites for hydroxylation is 3. The van der Waals surface area contributed by atoms with Crippen molar-refractivity contribution in [3.63, 3.8) is 0 Å². The lowest BCUT2D eigenvalue weighted by atomic mass is 10.1. The molecule has 0 unspecified atom stereocenters. The molecule has 7 heteroatoms. The number of anilines is 2. The third kappa shape index (κ3) is 4.46. The molecule has 164 valence electrons. The predicted molar refractivity (Wildman–Crippen MR) is 124 cm³/mol. The molecule has 3 N–H and O–H groups in total. The van der Waals surface area contributed by atoms with Gasteiger partial charge in [-0.05, 0) is 37.0 Å². The Bertz CT molecular complexity index is 1270. The normalized spacial score (nSPS) is 11.1. The Balaban J connectivity index is 1.62. The van der Waals surface area contributed by atoms with E-state index in [-0.39, 0.29) is 22.3 Å². The van der Waals surface area contributed by atoms with Crippen LogP contribution in [-0.4, -0.2) is 16.1 Å². The molecule has 0 saturated heterocycles. The van der Waals surface area contributed by atoms with Gasteiger partial charge in [0.15, 0.2) is 17.1 Å². The molecule has 2 aromatic heterocycles. The van der Waals surface area contributed by atoms with Crippen molar-refractivity contribution in [2.45, 2.75) is 25.8 Å². The lowest BCUT2D eigenvalue weighted by Gasteiger charge is -2.17. The molecule has 4 rings (SSSR count). The summed E-state index contributed by atoms with van der Waals surface area (Å²) in [4.78, 5) is 16.7. The minimum atomic E-state index is -0.939. The quantitative estimate of drug-likeness (QED) is 0.315. The first-order valence-electron chi connectivity index (χ1n) is 10.5. The van der Waals surface area contributed by atoms with Crippen LogP contribution in [0, 0.1) is 11.6 Å². The summed E-state index contributed by atoms with van der Waals surface area (Å²) in [5.41, 5.74) is 6.79. The van der Waals surface area contributed by atoms with Crippen LogP contribution in [0.4, 0.5) is 20.2 Å². The van der Waals surface area contributed by atoms with E-state index in [1.165, 1.54) is 12.3 Å². The monoisotopic (exact) mass is 434 g/mol. The van der Waals surface area contributed by atoms with Crippen LogP contribution in [0.2, 0.25) is 0 Å². The number of nitrogens with two attached hydrogens (primary N) is 1. The van der Waals surface area contributed by atoms with E-state index in [0.717, 1.165) is 11.3 Å². The maximum absolute atomic E-state index is 15.5. The number of nitrogen functional groups attached to an aromatic ring is 1. The summed E-state index contributed by atoms with van der Waals surface area (Å²) in [6.45, 7) is 0.748. The molecular formula is C25H24F2N4O. The third-order valence-electron chi connectivity index (χ3n) is 5.45. The van der Waals surface area contributed by atoms with E-state index in [4.69, 9.17) is 5.73 Å². The molecule has 0 bridgehead atoms. The second kappa shape index (κ2) is 9.60. The molecule has 2 aromatic carbocycles. The molecule has 0 aliphatic rings. The lowest BCUT2D eigenvalue weighted by Crippen LogP contribution is -2.17. The van der Waals surface area contributed by atoms with Gasteiger partial charge in [0.05, 0.1) is 16.6 Å². The molecule has 0 saturated carbocycles. The molecule has 2 heterocycles. The van der Waals surface area contributed by atoms with Crippen LogP contribution in [-0.2, 0) is 19.4 Å². The minimum Gasteiger partial charge on any atom is -0.396 e. The highest BCUT2D eigenvalue weighted by Gasteiger charge is 2.22. The van der Waals surface area contributed by atoms with Crippen LogP contribution in [0.1, 0.15) is 17.7 Å². The van der Waals surface area contributed by atoms with Crippen molar-refractivity contribution in [1.29, 1.82) is 0 Å². The zero-order valence-electron chi connectivity index (χ0n) is 17.5. The van der Waals surface area contributed by atoms with Crippen molar-refractivity contribution in [2.24, 2.45) is 0 Å². The number of nitrogens with one attached hydrogen (secondary N) is 1. The molecule has 0 amide bonds. The second-order valence-electron chi connectivity index (χ2n) is 7.60. The van der Waals surface area contributed by atoms with Crippen molar-refractivity contribution in [3.05, 3.63) is 100 Å². The summed E-state index contributed by atoms with van der Waals surface area (Å²) < 4.78 is 32.0. The Labute approximate surface area is 184 Å². The number of benzene rings is 2. The zero-order valence-corrected chi connectivity index (χ0v) is 17.5. The molecule has 4 aromatic rings. The van der Waals surface area contributed by atoms with E-state index >= 15 is 4.39 Å². The highest BCUT2D eigenvalue weighted by atomic mass is 19.1. The maximum atomic E-state index is 15.5. The van der Waals surface area contributed by atoms with Crippen molar-refractivity contribution in [3.8, 4) is 0 Å². The van der Waals surface area contributed by atoms with E-state index < -0.39 is 17.1 Å². The van der Waals surface area contributed by atoms with Gasteiger partial charge in [-0.25, -0.2) is 8.78 Å². The van der Waals surface area contributed by atoms with Crippen molar-refractivity contribution >= 4 is 22.3 Å². The van der Waals surface area contributed by atoms with Gasteiger partial charge in [0.1, 0.15) is 5.69 Å². The predicted octanol–water partition coefficient (Wildman–Crippen LogP) is 4.54. The Morgan fingerprint density at radius 3 is 2.50 bits per heavy atom. The molecule has 0 aliphatic carbocycles. The third-order valence-corrected chi connectivity index (χ3v) is 5.45. The fraction of sp³-hybridized carbons (Fsp3) is 0.200. The average Bonchev–Trinajstić information content (AvgIpc) is 2.82. The van der Waals surface area contributed by atoms with Crippen LogP contribution in [0.5, 0.6) is 0 Å². The highest BCUT2D eigenvalue weighted by molar-refractivity contribution is 5.94. The number of nitrogens with zero attached hydrogens (tertiary/aromatic N) is 2. The summed E-state index contributed by atoms with van der Waals surface area (Å²) in [6, 6.07) is 16.7. The molecule has 0 atom stereocenters. The van der Waals surface area contributed by atoms with Gasteiger partial charge in [-0.1, -0.05) is 36.4 Å². The van der Waals surface area contributed by atoms with Gasteiger partial charge in [-0.2, -0.15) is 0 Å².